The van der Waals surface area contributed by atoms with Gasteiger partial charge in [0, 0.05) is 31.3 Å². The molecule has 2 heterocycles. The van der Waals surface area contributed by atoms with Crippen LogP contribution in [0.1, 0.15) is 41.1 Å². The van der Waals surface area contributed by atoms with Crippen LogP contribution >= 0.6 is 11.3 Å². The second-order valence-electron chi connectivity index (χ2n) is 7.28. The molecule has 0 saturated heterocycles. The highest BCUT2D eigenvalue weighted by atomic mass is 32.1. The summed E-state index contributed by atoms with van der Waals surface area (Å²) in [6.45, 7) is 0.416. The number of hydrogen-bond donors (Lipinski definition) is 1. The van der Waals surface area contributed by atoms with Crippen LogP contribution in [0.3, 0.4) is 0 Å². The lowest BCUT2D eigenvalue weighted by atomic mass is 9.97. The van der Waals surface area contributed by atoms with E-state index in [0.29, 0.717) is 18.8 Å². The van der Waals surface area contributed by atoms with Gasteiger partial charge in [0.05, 0.1) is 5.39 Å². The number of aromatic amines is 1. The van der Waals surface area contributed by atoms with E-state index in [1.54, 1.807) is 35.4 Å². The predicted octanol–water partition coefficient (Wildman–Crippen LogP) is 3.59. The second kappa shape index (κ2) is 7.83. The smallest absolute Gasteiger partial charge is 0.259 e. The average Bonchev–Trinajstić information content (AvgIpc) is 3.06. The van der Waals surface area contributed by atoms with Crippen molar-refractivity contribution in [2.75, 3.05) is 7.05 Å². The molecule has 0 radical (unpaired) electrons. The maximum Gasteiger partial charge on any atom is 0.259 e. The lowest BCUT2D eigenvalue weighted by Crippen LogP contribution is -2.26. The standard InChI is InChI=1S/C21H22FN3O2S/c1-25(12-13-6-8-14(22)9-7-13)18(26)11-10-17-23-20(27)19-15-4-2-3-5-16(15)28-21(19)24-17/h6-9H,2-5,10-12H2,1H3,(H,23,24,27). The molecule has 0 bridgehead atoms. The van der Waals surface area contributed by atoms with Crippen molar-refractivity contribution in [3.8, 4) is 0 Å². The second-order valence-corrected chi connectivity index (χ2v) is 8.36. The molecule has 1 amide bonds. The Labute approximate surface area is 166 Å². The molecule has 0 spiro atoms. The molecule has 7 heteroatoms. The zero-order chi connectivity index (χ0) is 19.7. The van der Waals surface area contributed by atoms with E-state index < -0.39 is 0 Å². The van der Waals surface area contributed by atoms with Gasteiger partial charge in [0.1, 0.15) is 16.5 Å². The molecular weight excluding hydrogens is 377 g/mol. The van der Waals surface area contributed by atoms with E-state index in [0.717, 1.165) is 35.0 Å². The summed E-state index contributed by atoms with van der Waals surface area (Å²) >= 11 is 1.61. The minimum atomic E-state index is -0.293. The molecule has 1 aliphatic rings. The maximum absolute atomic E-state index is 13.0. The van der Waals surface area contributed by atoms with Gasteiger partial charge in [-0.2, -0.15) is 0 Å². The number of H-pyrrole nitrogens is 1. The zero-order valence-corrected chi connectivity index (χ0v) is 16.6. The number of thiophene rings is 1. The van der Waals surface area contributed by atoms with E-state index in [4.69, 9.17) is 0 Å². The van der Waals surface area contributed by atoms with Crippen molar-refractivity contribution in [3.05, 3.63) is 62.3 Å². The number of carbonyl (C=O) groups excluding carboxylic acids is 1. The van der Waals surface area contributed by atoms with E-state index in [1.807, 2.05) is 0 Å². The first-order valence-corrected chi connectivity index (χ1v) is 10.3. The summed E-state index contributed by atoms with van der Waals surface area (Å²) in [4.78, 5) is 36.2. The lowest BCUT2D eigenvalue weighted by Gasteiger charge is -2.17. The first kappa shape index (κ1) is 18.8. The lowest BCUT2D eigenvalue weighted by molar-refractivity contribution is -0.130. The minimum absolute atomic E-state index is 0.0439. The number of rotatable bonds is 5. The molecule has 146 valence electrons. The summed E-state index contributed by atoms with van der Waals surface area (Å²) in [6, 6.07) is 6.12. The van der Waals surface area contributed by atoms with Gasteiger partial charge in [0.25, 0.3) is 5.56 Å². The van der Waals surface area contributed by atoms with E-state index in [1.165, 1.54) is 29.0 Å². The molecule has 2 aromatic heterocycles. The number of fused-ring (bicyclic) bond motifs is 3. The highest BCUT2D eigenvalue weighted by molar-refractivity contribution is 7.18. The number of benzene rings is 1. The maximum atomic E-state index is 13.0. The van der Waals surface area contributed by atoms with Crippen LogP contribution in [0.2, 0.25) is 0 Å². The van der Waals surface area contributed by atoms with Crippen molar-refractivity contribution in [1.29, 1.82) is 0 Å². The number of nitrogens with zero attached hydrogens (tertiary/aromatic N) is 2. The van der Waals surface area contributed by atoms with Crippen LogP contribution in [0.4, 0.5) is 4.39 Å². The van der Waals surface area contributed by atoms with Gasteiger partial charge in [-0.05, 0) is 48.9 Å². The molecule has 1 aromatic carbocycles. The van der Waals surface area contributed by atoms with Gasteiger partial charge in [0.15, 0.2) is 0 Å². The summed E-state index contributed by atoms with van der Waals surface area (Å²) in [5.74, 6) is 0.218. The van der Waals surface area contributed by atoms with E-state index >= 15 is 0 Å². The number of amides is 1. The Kier molecular flexibility index (Phi) is 5.26. The zero-order valence-electron chi connectivity index (χ0n) is 15.8. The van der Waals surface area contributed by atoms with Gasteiger partial charge in [-0.1, -0.05) is 12.1 Å². The normalized spacial score (nSPS) is 13.5. The monoisotopic (exact) mass is 399 g/mol. The molecule has 1 N–H and O–H groups in total. The summed E-state index contributed by atoms with van der Waals surface area (Å²) in [7, 11) is 1.72. The number of aryl methyl sites for hydroxylation is 3. The highest BCUT2D eigenvalue weighted by Gasteiger charge is 2.20. The Morgan fingerprint density at radius 1 is 1.25 bits per heavy atom. The van der Waals surface area contributed by atoms with Crippen LogP contribution < -0.4 is 5.56 Å². The molecular formula is C21H22FN3O2S. The number of hydrogen-bond acceptors (Lipinski definition) is 4. The number of halogens is 1. The molecule has 0 aliphatic heterocycles. The Balaban J connectivity index is 1.44. The molecule has 3 aromatic rings. The first-order valence-electron chi connectivity index (χ1n) is 9.53. The van der Waals surface area contributed by atoms with Gasteiger partial charge in [0.2, 0.25) is 5.91 Å². The summed E-state index contributed by atoms with van der Waals surface area (Å²) in [5.41, 5.74) is 1.95. The summed E-state index contributed by atoms with van der Waals surface area (Å²) in [5, 5.41) is 0.739. The average molecular weight is 399 g/mol. The molecule has 0 fully saturated rings. The molecule has 4 rings (SSSR count). The van der Waals surface area contributed by atoms with Crippen LogP contribution in [0.5, 0.6) is 0 Å². The van der Waals surface area contributed by atoms with Gasteiger partial charge in [-0.15, -0.1) is 11.3 Å². The predicted molar refractivity (Wildman–Crippen MR) is 108 cm³/mol. The molecule has 1 aliphatic carbocycles. The van der Waals surface area contributed by atoms with E-state index in [2.05, 4.69) is 9.97 Å². The van der Waals surface area contributed by atoms with Gasteiger partial charge in [-0.25, -0.2) is 9.37 Å². The molecule has 0 atom stereocenters. The molecule has 0 saturated carbocycles. The first-order chi connectivity index (χ1) is 13.5. The number of carbonyl (C=O) groups is 1. The van der Waals surface area contributed by atoms with Crippen LogP contribution in [-0.4, -0.2) is 27.8 Å². The fraction of sp³-hybridized carbons (Fsp3) is 0.381. The van der Waals surface area contributed by atoms with Gasteiger partial charge < -0.3 is 9.88 Å². The molecule has 28 heavy (non-hydrogen) atoms. The van der Waals surface area contributed by atoms with Crippen LogP contribution in [0.15, 0.2) is 29.1 Å². The van der Waals surface area contributed by atoms with Crippen molar-refractivity contribution in [2.45, 2.75) is 45.1 Å². The fourth-order valence-corrected chi connectivity index (χ4v) is 4.98. The quantitative estimate of drug-likeness (QED) is 0.713. The Bertz CT molecular complexity index is 1070. The minimum Gasteiger partial charge on any atom is -0.341 e. The summed E-state index contributed by atoms with van der Waals surface area (Å²) in [6.07, 6.45) is 4.91. The summed E-state index contributed by atoms with van der Waals surface area (Å²) < 4.78 is 13.0. The fourth-order valence-electron chi connectivity index (χ4n) is 3.69. The van der Waals surface area contributed by atoms with E-state index in [-0.39, 0.29) is 23.7 Å². The Morgan fingerprint density at radius 3 is 2.79 bits per heavy atom. The highest BCUT2D eigenvalue weighted by Crippen LogP contribution is 2.33. The third kappa shape index (κ3) is 3.85. The van der Waals surface area contributed by atoms with Crippen LogP contribution in [0.25, 0.3) is 10.2 Å². The van der Waals surface area contributed by atoms with Gasteiger partial charge >= 0.3 is 0 Å². The Morgan fingerprint density at radius 2 is 2.00 bits per heavy atom. The van der Waals surface area contributed by atoms with Crippen LogP contribution in [-0.2, 0) is 30.6 Å². The van der Waals surface area contributed by atoms with E-state index in [9.17, 15) is 14.0 Å². The van der Waals surface area contributed by atoms with Crippen molar-refractivity contribution in [1.82, 2.24) is 14.9 Å². The largest absolute Gasteiger partial charge is 0.341 e. The third-order valence-electron chi connectivity index (χ3n) is 5.21. The Hall–Kier alpha value is -2.54. The third-order valence-corrected chi connectivity index (χ3v) is 6.39. The topological polar surface area (TPSA) is 66.1 Å². The van der Waals surface area contributed by atoms with Crippen molar-refractivity contribution >= 4 is 27.5 Å². The molecule has 0 unspecified atom stereocenters. The molecule has 5 nitrogen and oxygen atoms in total. The van der Waals surface area contributed by atoms with Crippen molar-refractivity contribution in [2.24, 2.45) is 0 Å². The van der Waals surface area contributed by atoms with Crippen molar-refractivity contribution in [3.63, 3.8) is 0 Å². The van der Waals surface area contributed by atoms with Gasteiger partial charge in [-0.3, -0.25) is 9.59 Å². The van der Waals surface area contributed by atoms with Crippen molar-refractivity contribution < 1.29 is 9.18 Å². The number of aromatic nitrogens is 2. The SMILES string of the molecule is CN(Cc1ccc(F)cc1)C(=O)CCc1nc2sc3c(c2c(=O)[nH]1)CCCC3. The van der Waals surface area contributed by atoms with Crippen LogP contribution in [0, 0.1) is 5.82 Å². The number of nitrogens with one attached hydrogen (secondary N) is 1.